The summed E-state index contributed by atoms with van der Waals surface area (Å²) in [4.78, 5) is 37.3. The average Bonchev–Trinajstić information content (AvgIpc) is 2.96. The first-order valence-corrected chi connectivity index (χ1v) is 9.74. The summed E-state index contributed by atoms with van der Waals surface area (Å²) in [5.74, 6) is -1.20. The van der Waals surface area contributed by atoms with E-state index in [1.165, 1.54) is 7.05 Å². The predicted octanol–water partition coefficient (Wildman–Crippen LogP) is 3.26. The number of rotatable bonds is 7. The van der Waals surface area contributed by atoms with E-state index >= 15 is 0 Å². The molecule has 0 aliphatic heterocycles. The van der Waals surface area contributed by atoms with Crippen molar-refractivity contribution >= 4 is 39.8 Å². The molecule has 1 heterocycles. The monoisotopic (exact) mass is 403 g/mol. The van der Waals surface area contributed by atoms with Crippen molar-refractivity contribution in [2.45, 2.75) is 27.7 Å². The molecule has 0 unspecified atom stereocenters. The SMILES string of the molecule is CCOC(=O)c1c(NC(=O)CNc2c(C)cccc2C)sc(C(=O)NC)c1C. The Bertz CT molecular complexity index is 885. The van der Waals surface area contributed by atoms with Gasteiger partial charge in [-0.2, -0.15) is 0 Å². The summed E-state index contributed by atoms with van der Waals surface area (Å²) < 4.78 is 5.09. The molecule has 150 valence electrons. The highest BCUT2D eigenvalue weighted by Crippen LogP contribution is 2.33. The fourth-order valence-electron chi connectivity index (χ4n) is 2.81. The lowest BCUT2D eigenvalue weighted by Gasteiger charge is -2.12. The zero-order valence-corrected chi connectivity index (χ0v) is 17.5. The van der Waals surface area contributed by atoms with Crippen LogP contribution in [0.5, 0.6) is 0 Å². The number of ether oxygens (including phenoxy) is 1. The Hall–Kier alpha value is -2.87. The summed E-state index contributed by atoms with van der Waals surface area (Å²) in [5.41, 5.74) is 3.67. The standard InChI is InChI=1S/C20H25N3O4S/c1-6-27-20(26)15-13(4)17(18(25)21-5)28-19(15)23-14(24)10-22-16-11(2)8-7-9-12(16)3/h7-9,22H,6,10H2,1-5H3,(H,21,25)(H,23,24). The Morgan fingerprint density at radius 2 is 1.75 bits per heavy atom. The number of amides is 2. The van der Waals surface area contributed by atoms with Crippen molar-refractivity contribution in [3.63, 3.8) is 0 Å². The maximum Gasteiger partial charge on any atom is 0.341 e. The predicted molar refractivity (Wildman–Crippen MR) is 111 cm³/mol. The van der Waals surface area contributed by atoms with Crippen molar-refractivity contribution in [1.82, 2.24) is 5.32 Å². The number of hydrogen-bond donors (Lipinski definition) is 3. The molecule has 1 aromatic heterocycles. The van der Waals surface area contributed by atoms with Crippen molar-refractivity contribution in [3.8, 4) is 0 Å². The van der Waals surface area contributed by atoms with Gasteiger partial charge in [-0.3, -0.25) is 9.59 Å². The second kappa shape index (κ2) is 9.36. The highest BCUT2D eigenvalue weighted by Gasteiger charge is 2.26. The lowest BCUT2D eigenvalue weighted by molar-refractivity contribution is -0.114. The van der Waals surface area contributed by atoms with Crippen molar-refractivity contribution in [2.75, 3.05) is 30.8 Å². The molecule has 3 N–H and O–H groups in total. The van der Waals surface area contributed by atoms with Crippen molar-refractivity contribution in [2.24, 2.45) is 0 Å². The Kier molecular flexibility index (Phi) is 7.17. The van der Waals surface area contributed by atoms with Gasteiger partial charge in [0.2, 0.25) is 5.91 Å². The first-order valence-electron chi connectivity index (χ1n) is 8.92. The maximum atomic E-state index is 12.5. The number of carbonyl (C=O) groups is 3. The van der Waals surface area contributed by atoms with Gasteiger partial charge in [0, 0.05) is 12.7 Å². The van der Waals surface area contributed by atoms with Gasteiger partial charge in [-0.25, -0.2) is 4.79 Å². The van der Waals surface area contributed by atoms with Crippen LogP contribution in [0.3, 0.4) is 0 Å². The van der Waals surface area contributed by atoms with Crippen LogP contribution in [0.25, 0.3) is 0 Å². The Labute approximate surface area is 168 Å². The highest BCUT2D eigenvalue weighted by molar-refractivity contribution is 7.18. The Morgan fingerprint density at radius 3 is 2.32 bits per heavy atom. The van der Waals surface area contributed by atoms with Gasteiger partial charge in [-0.15, -0.1) is 11.3 Å². The van der Waals surface area contributed by atoms with Gasteiger partial charge < -0.3 is 20.7 Å². The number of nitrogens with one attached hydrogen (secondary N) is 3. The molecule has 0 aliphatic rings. The van der Waals surface area contributed by atoms with Crippen LogP contribution < -0.4 is 16.0 Å². The maximum absolute atomic E-state index is 12.5. The molecule has 0 saturated carbocycles. The minimum atomic E-state index is -0.565. The number of thiophene rings is 1. The lowest BCUT2D eigenvalue weighted by Crippen LogP contribution is -2.23. The third-order valence-electron chi connectivity index (χ3n) is 4.22. The Morgan fingerprint density at radius 1 is 1.11 bits per heavy atom. The minimum Gasteiger partial charge on any atom is -0.462 e. The van der Waals surface area contributed by atoms with Crippen molar-refractivity contribution in [3.05, 3.63) is 45.3 Å². The number of benzene rings is 1. The zero-order valence-electron chi connectivity index (χ0n) is 16.7. The van der Waals surface area contributed by atoms with Crippen molar-refractivity contribution < 1.29 is 19.1 Å². The lowest BCUT2D eigenvalue weighted by atomic mass is 10.1. The number of carbonyl (C=O) groups excluding carboxylic acids is 3. The molecule has 2 amide bonds. The van der Waals surface area contributed by atoms with Gasteiger partial charge in [0.15, 0.2) is 0 Å². The molecule has 28 heavy (non-hydrogen) atoms. The third-order valence-corrected chi connectivity index (χ3v) is 5.43. The van der Waals surface area contributed by atoms with Crippen LogP contribution in [0.4, 0.5) is 10.7 Å². The summed E-state index contributed by atoms with van der Waals surface area (Å²) in [6.07, 6.45) is 0. The second-order valence-corrected chi connectivity index (χ2v) is 7.25. The second-order valence-electron chi connectivity index (χ2n) is 6.23. The topological polar surface area (TPSA) is 96.5 Å². The molecular formula is C20H25N3O4S. The van der Waals surface area contributed by atoms with Crippen LogP contribution >= 0.6 is 11.3 Å². The molecule has 8 heteroatoms. The fourth-order valence-corrected chi connectivity index (χ4v) is 3.97. The molecule has 2 rings (SSSR count). The molecule has 0 saturated heterocycles. The number of esters is 1. The largest absolute Gasteiger partial charge is 0.462 e. The number of hydrogen-bond acceptors (Lipinski definition) is 6. The summed E-state index contributed by atoms with van der Waals surface area (Å²) in [5, 5.41) is 8.71. The van der Waals surface area contributed by atoms with E-state index < -0.39 is 5.97 Å². The smallest absolute Gasteiger partial charge is 0.341 e. The van der Waals surface area contributed by atoms with Crippen LogP contribution in [-0.4, -0.2) is 38.0 Å². The molecule has 0 spiro atoms. The molecule has 2 aromatic rings. The first kappa shape index (κ1) is 21.4. The quantitative estimate of drug-likeness (QED) is 0.617. The zero-order chi connectivity index (χ0) is 20.8. The van der Waals surface area contributed by atoms with Crippen LogP contribution in [0.15, 0.2) is 18.2 Å². The average molecular weight is 404 g/mol. The molecule has 0 bridgehead atoms. The van der Waals surface area contributed by atoms with Crippen LogP contribution in [0.2, 0.25) is 0 Å². The van der Waals surface area contributed by atoms with Crippen LogP contribution in [-0.2, 0) is 9.53 Å². The van der Waals surface area contributed by atoms with E-state index in [-0.39, 0.29) is 30.5 Å². The molecule has 1 aromatic carbocycles. The van der Waals surface area contributed by atoms with Gasteiger partial charge in [0.25, 0.3) is 5.91 Å². The van der Waals surface area contributed by atoms with Crippen LogP contribution in [0.1, 0.15) is 43.6 Å². The van der Waals surface area contributed by atoms with Gasteiger partial charge in [-0.05, 0) is 44.4 Å². The van der Waals surface area contributed by atoms with E-state index in [2.05, 4.69) is 16.0 Å². The number of para-hydroxylation sites is 1. The van der Waals surface area contributed by atoms with Gasteiger partial charge in [0.1, 0.15) is 5.00 Å². The summed E-state index contributed by atoms with van der Waals surface area (Å²) in [7, 11) is 1.51. The fraction of sp³-hybridized carbons (Fsp3) is 0.350. The Balaban J connectivity index is 2.22. The molecule has 0 aliphatic carbocycles. The summed E-state index contributed by atoms with van der Waals surface area (Å²) in [6.45, 7) is 7.52. The van der Waals surface area contributed by atoms with E-state index in [0.717, 1.165) is 28.2 Å². The highest BCUT2D eigenvalue weighted by atomic mass is 32.1. The van der Waals surface area contributed by atoms with E-state index in [0.29, 0.717) is 15.4 Å². The van der Waals surface area contributed by atoms with E-state index in [4.69, 9.17) is 4.74 Å². The van der Waals surface area contributed by atoms with E-state index in [1.54, 1.807) is 13.8 Å². The van der Waals surface area contributed by atoms with Crippen LogP contribution in [0, 0.1) is 20.8 Å². The summed E-state index contributed by atoms with van der Waals surface area (Å²) in [6, 6.07) is 5.88. The van der Waals surface area contributed by atoms with Gasteiger partial charge >= 0.3 is 5.97 Å². The molecule has 0 radical (unpaired) electrons. The minimum absolute atomic E-state index is 0.0280. The normalized spacial score (nSPS) is 10.3. The van der Waals surface area contributed by atoms with Gasteiger partial charge in [-0.1, -0.05) is 18.2 Å². The van der Waals surface area contributed by atoms with E-state index in [9.17, 15) is 14.4 Å². The molecular weight excluding hydrogens is 378 g/mol. The van der Waals surface area contributed by atoms with Gasteiger partial charge in [0.05, 0.1) is 23.6 Å². The number of anilines is 2. The number of aryl methyl sites for hydroxylation is 2. The van der Waals surface area contributed by atoms with E-state index in [1.807, 2.05) is 32.0 Å². The molecule has 0 fully saturated rings. The van der Waals surface area contributed by atoms with Crippen molar-refractivity contribution in [1.29, 1.82) is 0 Å². The molecule has 0 atom stereocenters. The first-order chi connectivity index (χ1) is 13.3. The molecule has 7 nitrogen and oxygen atoms in total. The third kappa shape index (κ3) is 4.69. The summed E-state index contributed by atoms with van der Waals surface area (Å²) >= 11 is 1.06.